The van der Waals surface area contributed by atoms with E-state index in [9.17, 15) is 0 Å². The zero-order valence-electron chi connectivity index (χ0n) is 17.4. The second kappa shape index (κ2) is 12.7. The largest absolute Gasteiger partial charge is 0.396 e. The third-order valence-corrected chi connectivity index (χ3v) is 4.48. The first-order valence-corrected chi connectivity index (χ1v) is 10.1. The molecule has 8 nitrogen and oxygen atoms in total. The van der Waals surface area contributed by atoms with Crippen LogP contribution in [0.1, 0.15) is 18.4 Å². The number of para-hydroxylation sites is 1. The lowest BCUT2D eigenvalue weighted by molar-refractivity contribution is 0.176. The van der Waals surface area contributed by atoms with Crippen LogP contribution in [-0.4, -0.2) is 65.6 Å². The molecule has 2 aromatic rings. The first-order valence-electron chi connectivity index (χ1n) is 10.1. The van der Waals surface area contributed by atoms with Gasteiger partial charge in [0.1, 0.15) is 0 Å². The van der Waals surface area contributed by atoms with E-state index in [1.54, 1.807) is 18.6 Å². The molecule has 1 unspecified atom stereocenters. The van der Waals surface area contributed by atoms with Gasteiger partial charge in [-0.15, -0.1) is 0 Å². The lowest BCUT2D eigenvalue weighted by atomic mass is 10.1. The van der Waals surface area contributed by atoms with Crippen molar-refractivity contribution in [2.45, 2.75) is 18.8 Å². The molecule has 2 heterocycles. The smallest absolute Gasteiger partial charge is 0.268 e. The summed E-state index contributed by atoms with van der Waals surface area (Å²) >= 11 is 0. The summed E-state index contributed by atoms with van der Waals surface area (Å²) in [5.74, 6) is -0.829. The van der Waals surface area contributed by atoms with Crippen LogP contribution < -0.4 is 16.4 Å². The zero-order chi connectivity index (χ0) is 21.7. The van der Waals surface area contributed by atoms with Gasteiger partial charge in [0.25, 0.3) is 5.91 Å². The fourth-order valence-electron chi connectivity index (χ4n) is 2.88. The van der Waals surface area contributed by atoms with Crippen molar-refractivity contribution >= 4 is 17.6 Å². The van der Waals surface area contributed by atoms with Crippen molar-refractivity contribution < 1.29 is 10.2 Å². The minimum atomic E-state index is -0.829. The van der Waals surface area contributed by atoms with Crippen molar-refractivity contribution in [3.8, 4) is 0 Å². The third kappa shape index (κ3) is 6.64. The summed E-state index contributed by atoms with van der Waals surface area (Å²) < 4.78 is 0. The number of hydrogen-bond donors (Lipinski definition) is 5. The van der Waals surface area contributed by atoms with Gasteiger partial charge in [-0.1, -0.05) is 18.2 Å². The number of aliphatic hydroxyl groups is 2. The lowest BCUT2D eigenvalue weighted by Gasteiger charge is -2.44. The molecule has 1 aromatic carbocycles. The molecule has 1 aliphatic heterocycles. The van der Waals surface area contributed by atoms with Crippen LogP contribution in [0.3, 0.4) is 0 Å². The number of nitrogens with one attached hydrogen (secondary N) is 2. The number of pyridine rings is 1. The van der Waals surface area contributed by atoms with E-state index in [-0.39, 0.29) is 13.2 Å². The summed E-state index contributed by atoms with van der Waals surface area (Å²) in [4.78, 5) is 10.8. The summed E-state index contributed by atoms with van der Waals surface area (Å²) in [6.45, 7) is 1.57. The van der Waals surface area contributed by atoms with Gasteiger partial charge in [-0.3, -0.25) is 10.3 Å². The molecule has 30 heavy (non-hydrogen) atoms. The molecule has 0 fully saturated rings. The Kier molecular flexibility index (Phi) is 9.96. The van der Waals surface area contributed by atoms with Crippen LogP contribution in [-0.2, 0) is 0 Å². The third-order valence-electron chi connectivity index (χ3n) is 4.48. The number of hydrogen-bond acceptors (Lipinski definition) is 8. The quantitative estimate of drug-likeness (QED) is 0.312. The number of allylic oxidation sites excluding steroid dienone is 1. The molecule has 0 saturated heterocycles. The van der Waals surface area contributed by atoms with Crippen LogP contribution in [0.25, 0.3) is 5.70 Å². The molecular weight excluding hydrogens is 380 g/mol. The predicted molar refractivity (Wildman–Crippen MR) is 122 cm³/mol. The molecule has 8 heteroatoms. The second-order valence-electron chi connectivity index (χ2n) is 6.66. The van der Waals surface area contributed by atoms with Gasteiger partial charge in [0.2, 0.25) is 0 Å². The summed E-state index contributed by atoms with van der Waals surface area (Å²) in [5, 5.41) is 24.0. The summed E-state index contributed by atoms with van der Waals surface area (Å²) in [5.41, 5.74) is 8.02. The number of aliphatic hydroxyl groups excluding tert-OH is 2. The number of rotatable bonds is 9. The monoisotopic (exact) mass is 412 g/mol. The van der Waals surface area contributed by atoms with E-state index < -0.39 is 5.91 Å². The van der Waals surface area contributed by atoms with E-state index in [1.165, 1.54) is 0 Å². The van der Waals surface area contributed by atoms with Crippen molar-refractivity contribution in [1.29, 1.82) is 0 Å². The van der Waals surface area contributed by atoms with Crippen molar-refractivity contribution in [3.63, 3.8) is 0 Å². The van der Waals surface area contributed by atoms with Gasteiger partial charge >= 0.3 is 0 Å². The number of nitrogens with two attached hydrogens (primary N) is 1. The van der Waals surface area contributed by atoms with Crippen LogP contribution in [0, 0.1) is 0 Å². The fraction of sp³-hybridized carbons (Fsp3) is 0.364. The average molecular weight is 413 g/mol. The highest BCUT2D eigenvalue weighted by Crippen LogP contribution is 2.29. The normalized spacial score (nSPS) is 17.7. The van der Waals surface area contributed by atoms with Crippen LogP contribution in [0.4, 0.5) is 5.69 Å². The molecular formula is C22H32N6O2. The van der Waals surface area contributed by atoms with E-state index in [0.29, 0.717) is 19.5 Å². The number of aromatic nitrogens is 1. The Bertz CT molecular complexity index is 783. The molecule has 0 amide bonds. The van der Waals surface area contributed by atoms with Crippen LogP contribution >= 0.6 is 0 Å². The van der Waals surface area contributed by atoms with Crippen LogP contribution in [0.2, 0.25) is 0 Å². The Morgan fingerprint density at radius 3 is 2.33 bits per heavy atom. The first kappa shape index (κ1) is 23.5. The standard InChI is InChI=1S/C19H23N5O.C3H9NO/c1-24-18(16-8-12-20-13-9-16)10-14-22-19(24,21-11-5-15-25)23-17-6-3-2-4-7-17;4-2-1-3-5/h2-4,6-10,12-14,21,23,25H,5,11,15H2,1H3;5H,1-4H2. The highest BCUT2D eigenvalue weighted by molar-refractivity contribution is 5.86. The molecule has 1 aliphatic rings. The lowest BCUT2D eigenvalue weighted by Crippen LogP contribution is -2.62. The molecule has 162 valence electrons. The molecule has 1 atom stereocenters. The Hall–Kier alpha value is -2.78. The maximum absolute atomic E-state index is 9.13. The van der Waals surface area contributed by atoms with Gasteiger partial charge in [-0.2, -0.15) is 0 Å². The van der Waals surface area contributed by atoms with E-state index >= 15 is 0 Å². The first-order chi connectivity index (χ1) is 14.7. The fourth-order valence-corrected chi connectivity index (χ4v) is 2.88. The van der Waals surface area contributed by atoms with Gasteiger partial charge in [-0.25, -0.2) is 4.99 Å². The highest BCUT2D eigenvalue weighted by atomic mass is 16.3. The predicted octanol–water partition coefficient (Wildman–Crippen LogP) is 1.46. The molecule has 3 rings (SSSR count). The van der Waals surface area contributed by atoms with Crippen LogP contribution in [0.15, 0.2) is 65.9 Å². The number of nitrogens with zero attached hydrogens (tertiary/aromatic N) is 3. The number of anilines is 1. The minimum Gasteiger partial charge on any atom is -0.396 e. The topological polar surface area (TPSA) is 119 Å². The Labute approximate surface area is 178 Å². The van der Waals surface area contributed by atoms with Gasteiger partial charge in [-0.05, 0) is 49.7 Å². The summed E-state index contributed by atoms with van der Waals surface area (Å²) in [6, 6.07) is 13.9. The van der Waals surface area contributed by atoms with Gasteiger partial charge in [0, 0.05) is 62.4 Å². The maximum Gasteiger partial charge on any atom is 0.268 e. The Morgan fingerprint density at radius 2 is 1.73 bits per heavy atom. The molecule has 0 saturated carbocycles. The zero-order valence-corrected chi connectivity index (χ0v) is 17.4. The van der Waals surface area contributed by atoms with Crippen molar-refractivity contribution in [1.82, 2.24) is 15.2 Å². The molecule has 0 radical (unpaired) electrons. The number of aliphatic imine (C=N–C) groups is 1. The van der Waals surface area contributed by atoms with Crippen molar-refractivity contribution in [2.24, 2.45) is 10.7 Å². The molecule has 6 N–H and O–H groups in total. The maximum atomic E-state index is 9.13. The molecule has 0 spiro atoms. The van der Waals surface area contributed by atoms with E-state index in [1.807, 2.05) is 55.6 Å². The van der Waals surface area contributed by atoms with Crippen LogP contribution in [0.5, 0.6) is 0 Å². The Morgan fingerprint density at radius 1 is 1.03 bits per heavy atom. The van der Waals surface area contributed by atoms with Crippen molar-refractivity contribution in [3.05, 3.63) is 66.5 Å². The SMILES string of the molecule is CN1C(c2ccncc2)=CC=NC1(NCCCO)Nc1ccccc1.NCCCO. The van der Waals surface area contributed by atoms with Gasteiger partial charge < -0.3 is 26.2 Å². The molecule has 0 aliphatic carbocycles. The molecule has 1 aromatic heterocycles. The minimum absolute atomic E-state index is 0.134. The molecule has 0 bridgehead atoms. The van der Waals surface area contributed by atoms with Gasteiger partial charge in [0.05, 0.1) is 0 Å². The average Bonchev–Trinajstić information content (AvgIpc) is 2.78. The Balaban J connectivity index is 0.000000575. The van der Waals surface area contributed by atoms with Gasteiger partial charge in [0.15, 0.2) is 0 Å². The second-order valence-corrected chi connectivity index (χ2v) is 6.66. The van der Waals surface area contributed by atoms with Crippen molar-refractivity contribution in [2.75, 3.05) is 38.7 Å². The summed E-state index contributed by atoms with van der Waals surface area (Å²) in [7, 11) is 1.99. The van der Waals surface area contributed by atoms with E-state index in [4.69, 9.17) is 15.9 Å². The van der Waals surface area contributed by atoms with E-state index in [2.05, 4.69) is 25.5 Å². The number of benzene rings is 1. The van der Waals surface area contributed by atoms with E-state index in [0.717, 1.165) is 23.4 Å². The summed E-state index contributed by atoms with van der Waals surface area (Å²) in [6.07, 6.45) is 8.71. The highest BCUT2D eigenvalue weighted by Gasteiger charge is 2.36.